The van der Waals surface area contributed by atoms with E-state index in [1.54, 1.807) is 11.8 Å². The lowest BCUT2D eigenvalue weighted by atomic mass is 10.4. The largest absolute Gasteiger partial charge is 0.311 e. The average molecular weight is 211 g/mol. The van der Waals surface area contributed by atoms with E-state index in [0.29, 0.717) is 0 Å². The standard InChI is InChI=1S/C10H17N3S/c1-3-5-11-7-9-4-6-12-10(13-9)8-14-2/h4,6,11H,3,5,7-8H2,1-2H3. The Morgan fingerprint density at radius 1 is 1.50 bits per heavy atom. The molecular weight excluding hydrogens is 194 g/mol. The predicted molar refractivity (Wildman–Crippen MR) is 61.2 cm³/mol. The molecule has 4 heteroatoms. The van der Waals surface area contributed by atoms with Crippen molar-refractivity contribution in [2.45, 2.75) is 25.6 Å². The molecule has 14 heavy (non-hydrogen) atoms. The molecule has 0 fully saturated rings. The van der Waals surface area contributed by atoms with E-state index in [1.165, 1.54) is 0 Å². The molecule has 1 N–H and O–H groups in total. The maximum Gasteiger partial charge on any atom is 0.138 e. The summed E-state index contributed by atoms with van der Waals surface area (Å²) in [5.41, 5.74) is 1.08. The van der Waals surface area contributed by atoms with Gasteiger partial charge in [-0.15, -0.1) is 0 Å². The molecule has 1 aromatic heterocycles. The molecule has 0 aliphatic heterocycles. The van der Waals surface area contributed by atoms with Gasteiger partial charge in [0.1, 0.15) is 5.82 Å². The maximum atomic E-state index is 4.44. The number of aromatic nitrogens is 2. The van der Waals surface area contributed by atoms with Crippen LogP contribution in [0.4, 0.5) is 0 Å². The molecule has 0 radical (unpaired) electrons. The molecule has 0 aliphatic carbocycles. The highest BCUT2D eigenvalue weighted by molar-refractivity contribution is 7.97. The number of rotatable bonds is 6. The van der Waals surface area contributed by atoms with Crippen LogP contribution in [0.2, 0.25) is 0 Å². The van der Waals surface area contributed by atoms with E-state index < -0.39 is 0 Å². The monoisotopic (exact) mass is 211 g/mol. The molecule has 0 spiro atoms. The second kappa shape index (κ2) is 6.79. The van der Waals surface area contributed by atoms with Crippen LogP contribution in [-0.4, -0.2) is 22.8 Å². The van der Waals surface area contributed by atoms with Crippen molar-refractivity contribution in [3.63, 3.8) is 0 Å². The van der Waals surface area contributed by atoms with Gasteiger partial charge >= 0.3 is 0 Å². The predicted octanol–water partition coefficient (Wildman–Crippen LogP) is 1.84. The molecule has 78 valence electrons. The second-order valence-corrected chi connectivity index (χ2v) is 3.94. The van der Waals surface area contributed by atoms with E-state index in [4.69, 9.17) is 0 Å². The van der Waals surface area contributed by atoms with Crippen molar-refractivity contribution >= 4 is 11.8 Å². The highest BCUT2D eigenvalue weighted by Gasteiger charge is 1.97. The van der Waals surface area contributed by atoms with Crippen LogP contribution in [0.3, 0.4) is 0 Å². The lowest BCUT2D eigenvalue weighted by molar-refractivity contribution is 0.660. The molecule has 1 heterocycles. The van der Waals surface area contributed by atoms with Gasteiger partial charge in [-0.05, 0) is 25.3 Å². The number of nitrogens with one attached hydrogen (secondary N) is 1. The lowest BCUT2D eigenvalue weighted by Gasteiger charge is -2.03. The molecule has 0 saturated carbocycles. The summed E-state index contributed by atoms with van der Waals surface area (Å²) in [6.45, 7) is 4.05. The summed E-state index contributed by atoms with van der Waals surface area (Å²) in [5.74, 6) is 1.81. The van der Waals surface area contributed by atoms with Crippen LogP contribution >= 0.6 is 11.8 Å². The topological polar surface area (TPSA) is 37.8 Å². The number of thioether (sulfide) groups is 1. The quantitative estimate of drug-likeness (QED) is 0.729. The molecule has 3 nitrogen and oxygen atoms in total. The first-order valence-corrected chi connectivity index (χ1v) is 6.26. The van der Waals surface area contributed by atoms with Crippen LogP contribution in [0.5, 0.6) is 0 Å². The molecule has 0 amide bonds. The van der Waals surface area contributed by atoms with Crippen LogP contribution in [0, 0.1) is 0 Å². The fourth-order valence-electron chi connectivity index (χ4n) is 1.13. The Morgan fingerprint density at radius 3 is 3.07 bits per heavy atom. The Hall–Kier alpha value is -0.610. The van der Waals surface area contributed by atoms with Gasteiger partial charge in [0.25, 0.3) is 0 Å². The highest BCUT2D eigenvalue weighted by atomic mass is 32.2. The van der Waals surface area contributed by atoms with E-state index in [-0.39, 0.29) is 0 Å². The van der Waals surface area contributed by atoms with Crippen molar-refractivity contribution in [1.29, 1.82) is 0 Å². The zero-order chi connectivity index (χ0) is 10.2. The van der Waals surface area contributed by atoms with Crippen molar-refractivity contribution in [3.8, 4) is 0 Å². The zero-order valence-electron chi connectivity index (χ0n) is 8.79. The van der Waals surface area contributed by atoms with Crippen LogP contribution in [0.15, 0.2) is 12.3 Å². The van der Waals surface area contributed by atoms with E-state index in [1.807, 2.05) is 12.3 Å². The summed E-state index contributed by atoms with van der Waals surface area (Å²) in [6, 6.07) is 1.96. The fourth-order valence-corrected chi connectivity index (χ4v) is 1.53. The number of hydrogen-bond donors (Lipinski definition) is 1. The average Bonchev–Trinajstić information content (AvgIpc) is 2.19. The van der Waals surface area contributed by atoms with E-state index >= 15 is 0 Å². The number of hydrogen-bond acceptors (Lipinski definition) is 4. The first-order chi connectivity index (χ1) is 6.86. The van der Waals surface area contributed by atoms with Gasteiger partial charge in [-0.2, -0.15) is 11.8 Å². The minimum absolute atomic E-state index is 0.845. The van der Waals surface area contributed by atoms with Crippen LogP contribution in [0.1, 0.15) is 24.9 Å². The Kier molecular flexibility index (Phi) is 5.56. The lowest BCUT2D eigenvalue weighted by Crippen LogP contribution is -2.15. The van der Waals surface area contributed by atoms with E-state index in [0.717, 1.165) is 36.8 Å². The third-order valence-corrected chi connectivity index (χ3v) is 2.32. The molecule has 1 rings (SSSR count). The summed E-state index contributed by atoms with van der Waals surface area (Å²) in [6.07, 6.45) is 5.05. The molecule has 1 aromatic rings. The molecule has 0 bridgehead atoms. The van der Waals surface area contributed by atoms with Gasteiger partial charge in [0.15, 0.2) is 0 Å². The molecule has 0 aliphatic rings. The molecule has 0 atom stereocenters. The Balaban J connectivity index is 2.46. The zero-order valence-corrected chi connectivity index (χ0v) is 9.60. The van der Waals surface area contributed by atoms with Gasteiger partial charge in [-0.25, -0.2) is 9.97 Å². The summed E-state index contributed by atoms with van der Waals surface area (Å²) >= 11 is 1.75. The fraction of sp³-hybridized carbons (Fsp3) is 0.600. The molecular formula is C10H17N3S. The van der Waals surface area contributed by atoms with Crippen molar-refractivity contribution in [2.24, 2.45) is 0 Å². The van der Waals surface area contributed by atoms with Crippen molar-refractivity contribution in [1.82, 2.24) is 15.3 Å². The minimum Gasteiger partial charge on any atom is -0.311 e. The summed E-state index contributed by atoms with van der Waals surface area (Å²) in [5, 5.41) is 3.32. The Morgan fingerprint density at radius 2 is 2.36 bits per heavy atom. The summed E-state index contributed by atoms with van der Waals surface area (Å²) in [7, 11) is 0. The summed E-state index contributed by atoms with van der Waals surface area (Å²) < 4.78 is 0. The maximum absolute atomic E-state index is 4.44. The van der Waals surface area contributed by atoms with Crippen molar-refractivity contribution < 1.29 is 0 Å². The highest BCUT2D eigenvalue weighted by Crippen LogP contribution is 2.03. The van der Waals surface area contributed by atoms with Crippen LogP contribution < -0.4 is 5.32 Å². The molecule has 0 saturated heterocycles. The van der Waals surface area contributed by atoms with Crippen LogP contribution in [0.25, 0.3) is 0 Å². The van der Waals surface area contributed by atoms with E-state index in [9.17, 15) is 0 Å². The Bertz CT molecular complexity index is 265. The summed E-state index contributed by atoms with van der Waals surface area (Å²) in [4.78, 5) is 8.64. The van der Waals surface area contributed by atoms with Gasteiger partial charge in [0.05, 0.1) is 11.4 Å². The van der Waals surface area contributed by atoms with Gasteiger partial charge in [-0.3, -0.25) is 0 Å². The smallest absolute Gasteiger partial charge is 0.138 e. The number of nitrogens with zero attached hydrogens (tertiary/aromatic N) is 2. The van der Waals surface area contributed by atoms with Crippen molar-refractivity contribution in [2.75, 3.05) is 12.8 Å². The third kappa shape index (κ3) is 4.07. The molecule has 0 aromatic carbocycles. The van der Waals surface area contributed by atoms with Crippen molar-refractivity contribution in [3.05, 3.63) is 23.8 Å². The third-order valence-electron chi connectivity index (χ3n) is 1.77. The molecule has 0 unspecified atom stereocenters. The van der Waals surface area contributed by atoms with E-state index in [2.05, 4.69) is 28.5 Å². The van der Waals surface area contributed by atoms with Gasteiger partial charge in [-0.1, -0.05) is 6.92 Å². The van der Waals surface area contributed by atoms with Gasteiger partial charge in [0, 0.05) is 12.7 Å². The first-order valence-electron chi connectivity index (χ1n) is 4.87. The van der Waals surface area contributed by atoms with Gasteiger partial charge < -0.3 is 5.32 Å². The van der Waals surface area contributed by atoms with Gasteiger partial charge in [0.2, 0.25) is 0 Å². The first kappa shape index (κ1) is 11.5. The Labute approximate surface area is 89.7 Å². The normalized spacial score (nSPS) is 10.4. The second-order valence-electron chi connectivity index (χ2n) is 3.07. The van der Waals surface area contributed by atoms with Crippen LogP contribution in [-0.2, 0) is 12.3 Å². The SMILES string of the molecule is CCCNCc1ccnc(CSC)n1. The minimum atomic E-state index is 0.845.